The summed E-state index contributed by atoms with van der Waals surface area (Å²) in [5.74, 6) is 1.28. The Bertz CT molecular complexity index is 909. The summed E-state index contributed by atoms with van der Waals surface area (Å²) in [6.07, 6.45) is 3.00. The van der Waals surface area contributed by atoms with Crippen LogP contribution in [0.15, 0.2) is 39.5 Å². The van der Waals surface area contributed by atoms with Crippen molar-refractivity contribution < 1.29 is 13.9 Å². The third-order valence-corrected chi connectivity index (χ3v) is 4.11. The number of hydrogen-bond acceptors (Lipinski definition) is 4. The van der Waals surface area contributed by atoms with E-state index in [2.05, 4.69) is 6.92 Å². The van der Waals surface area contributed by atoms with Crippen molar-refractivity contribution in [1.29, 1.82) is 0 Å². The lowest BCUT2D eigenvalue weighted by Gasteiger charge is -2.11. The standard InChI is InChI=1S/C19H20O4/c1-4-5-6-12-10-18(20)23-19-14(12)8-7-13-9-16(21-2)17(22-3)11-15(13)19/h7-11H,4-6H2,1-3H3. The Morgan fingerprint density at radius 1 is 1.00 bits per heavy atom. The van der Waals surface area contributed by atoms with Crippen LogP contribution in [0.25, 0.3) is 21.7 Å². The second kappa shape index (κ2) is 6.32. The lowest BCUT2D eigenvalue weighted by Crippen LogP contribution is -2.01. The van der Waals surface area contributed by atoms with E-state index >= 15 is 0 Å². The molecule has 120 valence electrons. The van der Waals surface area contributed by atoms with Gasteiger partial charge in [-0.2, -0.15) is 0 Å². The molecule has 3 rings (SSSR count). The highest BCUT2D eigenvalue weighted by molar-refractivity contribution is 6.06. The van der Waals surface area contributed by atoms with Crippen molar-refractivity contribution in [3.05, 3.63) is 46.3 Å². The highest BCUT2D eigenvalue weighted by Gasteiger charge is 2.12. The van der Waals surface area contributed by atoms with Crippen LogP contribution in [-0.2, 0) is 6.42 Å². The monoisotopic (exact) mass is 312 g/mol. The van der Waals surface area contributed by atoms with Crippen LogP contribution in [0, 0.1) is 0 Å². The number of hydrogen-bond donors (Lipinski definition) is 0. The third kappa shape index (κ3) is 2.77. The summed E-state index contributed by atoms with van der Waals surface area (Å²) >= 11 is 0. The van der Waals surface area contributed by atoms with E-state index in [1.807, 2.05) is 24.3 Å². The van der Waals surface area contributed by atoms with Crippen LogP contribution in [0.1, 0.15) is 25.3 Å². The van der Waals surface area contributed by atoms with Crippen LogP contribution < -0.4 is 15.1 Å². The van der Waals surface area contributed by atoms with Crippen LogP contribution >= 0.6 is 0 Å². The average Bonchev–Trinajstić information content (AvgIpc) is 2.58. The van der Waals surface area contributed by atoms with Gasteiger partial charge in [0.1, 0.15) is 5.58 Å². The largest absolute Gasteiger partial charge is 0.493 e. The smallest absolute Gasteiger partial charge is 0.336 e. The highest BCUT2D eigenvalue weighted by Crippen LogP contribution is 2.36. The molecule has 23 heavy (non-hydrogen) atoms. The van der Waals surface area contributed by atoms with Crippen molar-refractivity contribution in [2.24, 2.45) is 0 Å². The van der Waals surface area contributed by atoms with E-state index in [0.717, 1.165) is 41.0 Å². The molecule has 0 fully saturated rings. The summed E-state index contributed by atoms with van der Waals surface area (Å²) in [4.78, 5) is 12.0. The van der Waals surface area contributed by atoms with Crippen LogP contribution in [0.3, 0.4) is 0 Å². The van der Waals surface area contributed by atoms with Crippen molar-refractivity contribution in [2.45, 2.75) is 26.2 Å². The van der Waals surface area contributed by atoms with Crippen molar-refractivity contribution in [1.82, 2.24) is 0 Å². The molecule has 0 saturated heterocycles. The highest BCUT2D eigenvalue weighted by atomic mass is 16.5. The van der Waals surface area contributed by atoms with Gasteiger partial charge in [-0.3, -0.25) is 0 Å². The number of fused-ring (bicyclic) bond motifs is 3. The van der Waals surface area contributed by atoms with Gasteiger partial charge in [0.05, 0.1) is 14.2 Å². The average molecular weight is 312 g/mol. The SMILES string of the molecule is CCCCc1cc(=O)oc2c1ccc1cc(OC)c(OC)cc12. The molecule has 0 saturated carbocycles. The van der Waals surface area contributed by atoms with E-state index in [1.54, 1.807) is 20.3 Å². The zero-order valence-electron chi connectivity index (χ0n) is 13.6. The van der Waals surface area contributed by atoms with E-state index in [-0.39, 0.29) is 5.63 Å². The Balaban J connectivity index is 2.33. The first-order valence-electron chi connectivity index (χ1n) is 7.79. The van der Waals surface area contributed by atoms with Gasteiger partial charge < -0.3 is 13.9 Å². The Morgan fingerprint density at radius 3 is 2.43 bits per heavy atom. The molecule has 0 aliphatic heterocycles. The summed E-state index contributed by atoms with van der Waals surface area (Å²) in [5, 5.41) is 2.79. The Morgan fingerprint density at radius 2 is 1.74 bits per heavy atom. The van der Waals surface area contributed by atoms with Gasteiger partial charge in [0.15, 0.2) is 11.5 Å². The van der Waals surface area contributed by atoms with Crippen LogP contribution in [0.5, 0.6) is 11.5 Å². The maximum Gasteiger partial charge on any atom is 0.336 e. The number of unbranched alkanes of at least 4 members (excludes halogenated alkanes) is 1. The van der Waals surface area contributed by atoms with Gasteiger partial charge in [0.25, 0.3) is 0 Å². The molecule has 4 heteroatoms. The molecule has 0 atom stereocenters. The minimum absolute atomic E-state index is 0.314. The van der Waals surface area contributed by atoms with Crippen LogP contribution in [0.2, 0.25) is 0 Å². The van der Waals surface area contributed by atoms with Gasteiger partial charge in [-0.15, -0.1) is 0 Å². The molecule has 1 heterocycles. The van der Waals surface area contributed by atoms with Gasteiger partial charge in [-0.1, -0.05) is 25.5 Å². The van der Waals surface area contributed by atoms with Gasteiger partial charge in [-0.25, -0.2) is 4.79 Å². The molecule has 0 spiro atoms. The summed E-state index contributed by atoms with van der Waals surface area (Å²) in [6, 6.07) is 9.40. The first-order chi connectivity index (χ1) is 11.2. The minimum atomic E-state index is -0.314. The fourth-order valence-electron chi connectivity index (χ4n) is 2.91. The molecule has 2 aromatic carbocycles. The molecular weight excluding hydrogens is 292 g/mol. The molecule has 0 unspecified atom stereocenters. The van der Waals surface area contributed by atoms with Crippen molar-refractivity contribution in [3.8, 4) is 11.5 Å². The van der Waals surface area contributed by atoms with Crippen molar-refractivity contribution in [3.63, 3.8) is 0 Å². The van der Waals surface area contributed by atoms with E-state index in [9.17, 15) is 4.79 Å². The van der Waals surface area contributed by atoms with Crippen molar-refractivity contribution in [2.75, 3.05) is 14.2 Å². The molecule has 0 radical (unpaired) electrons. The van der Waals surface area contributed by atoms with Gasteiger partial charge in [0.2, 0.25) is 0 Å². The summed E-state index contributed by atoms with van der Waals surface area (Å²) in [7, 11) is 3.20. The molecule has 0 N–H and O–H groups in total. The number of ether oxygens (including phenoxy) is 2. The Kier molecular flexibility index (Phi) is 4.24. The normalized spacial score (nSPS) is 11.1. The number of aryl methyl sites for hydroxylation is 1. The summed E-state index contributed by atoms with van der Waals surface area (Å²) in [5.41, 5.74) is 1.34. The lowest BCUT2D eigenvalue weighted by atomic mass is 10.0. The van der Waals surface area contributed by atoms with Crippen LogP contribution in [-0.4, -0.2) is 14.2 Å². The van der Waals surface area contributed by atoms with E-state index in [1.165, 1.54) is 0 Å². The van der Waals surface area contributed by atoms with Crippen LogP contribution in [0.4, 0.5) is 0 Å². The van der Waals surface area contributed by atoms with Crippen molar-refractivity contribution >= 4 is 21.7 Å². The first-order valence-corrected chi connectivity index (χ1v) is 7.79. The summed E-state index contributed by atoms with van der Waals surface area (Å²) in [6.45, 7) is 2.14. The molecule has 0 aliphatic rings. The number of benzene rings is 2. The fraction of sp³-hybridized carbons (Fsp3) is 0.316. The maximum absolute atomic E-state index is 12.0. The topological polar surface area (TPSA) is 48.7 Å². The maximum atomic E-state index is 12.0. The summed E-state index contributed by atoms with van der Waals surface area (Å²) < 4.78 is 16.2. The molecular formula is C19H20O4. The van der Waals surface area contributed by atoms with E-state index in [4.69, 9.17) is 13.9 Å². The molecule has 0 aliphatic carbocycles. The van der Waals surface area contributed by atoms with Gasteiger partial charge in [-0.05, 0) is 35.9 Å². The van der Waals surface area contributed by atoms with Gasteiger partial charge >= 0.3 is 5.63 Å². The second-order valence-corrected chi connectivity index (χ2v) is 5.56. The number of methoxy groups -OCH3 is 2. The van der Waals surface area contributed by atoms with E-state index < -0.39 is 0 Å². The fourth-order valence-corrected chi connectivity index (χ4v) is 2.91. The van der Waals surface area contributed by atoms with E-state index in [0.29, 0.717) is 17.1 Å². The first kappa shape index (κ1) is 15.4. The zero-order valence-corrected chi connectivity index (χ0v) is 13.6. The molecule has 4 nitrogen and oxygen atoms in total. The number of rotatable bonds is 5. The third-order valence-electron chi connectivity index (χ3n) is 4.11. The zero-order chi connectivity index (χ0) is 16.4. The quantitative estimate of drug-likeness (QED) is 0.520. The second-order valence-electron chi connectivity index (χ2n) is 5.56. The molecule has 1 aromatic heterocycles. The Labute approximate surface area is 134 Å². The lowest BCUT2D eigenvalue weighted by molar-refractivity contribution is 0.356. The molecule has 0 bridgehead atoms. The minimum Gasteiger partial charge on any atom is -0.493 e. The molecule has 3 aromatic rings. The Hall–Kier alpha value is -2.49. The predicted octanol–water partition coefficient (Wildman–Crippen LogP) is 4.31. The predicted molar refractivity (Wildman–Crippen MR) is 91.7 cm³/mol. The molecule has 0 amide bonds. The van der Waals surface area contributed by atoms with Gasteiger partial charge in [0, 0.05) is 16.8 Å².